The van der Waals surface area contributed by atoms with E-state index in [0.717, 1.165) is 33.2 Å². The minimum absolute atomic E-state index is 0.0879. The fraction of sp³-hybridized carbons (Fsp3) is 0.200. The Labute approximate surface area is 251 Å². The second kappa shape index (κ2) is 13.9. The zero-order valence-corrected chi connectivity index (χ0v) is 27.0. The number of benzene rings is 4. The third kappa shape index (κ3) is 6.07. The van der Waals surface area contributed by atoms with Crippen LogP contribution in [0.2, 0.25) is 0 Å². The molecule has 0 aliphatic heterocycles. The van der Waals surface area contributed by atoms with Gasteiger partial charge >= 0.3 is 34.5 Å². The van der Waals surface area contributed by atoms with Crippen molar-refractivity contribution in [2.45, 2.75) is 23.9 Å². The fourth-order valence-electron chi connectivity index (χ4n) is 5.65. The summed E-state index contributed by atoms with van der Waals surface area (Å²) in [7, 11) is 18.6. The van der Waals surface area contributed by atoms with Crippen LogP contribution in [0.4, 0.5) is 0 Å². The van der Waals surface area contributed by atoms with Gasteiger partial charge in [0.1, 0.15) is 11.5 Å². The maximum Gasteiger partial charge on any atom is -0.00798 e. The number of halogens is 2. The normalized spacial score (nSPS) is 19.9. The molecule has 0 saturated heterocycles. The van der Waals surface area contributed by atoms with E-state index in [1.165, 1.54) is 22.3 Å². The van der Waals surface area contributed by atoms with Crippen LogP contribution in [0.15, 0.2) is 84.9 Å². The Morgan fingerprint density at radius 1 is 0.590 bits per heavy atom. The van der Waals surface area contributed by atoms with Crippen molar-refractivity contribution < 1.29 is 24.6 Å². The molecule has 7 rings (SSSR count). The third-order valence-corrected chi connectivity index (χ3v) is 8.21. The van der Waals surface area contributed by atoms with Crippen molar-refractivity contribution in [3.63, 3.8) is 0 Å². The number of nitrogens with one attached hydrogen (secondary N) is 2. The van der Waals surface area contributed by atoms with Crippen molar-refractivity contribution >= 4 is 48.5 Å². The molecule has 0 radical (unpaired) electrons. The summed E-state index contributed by atoms with van der Waals surface area (Å²) in [5, 5.41) is 2.17. The smallest absolute Gasteiger partial charge is 0.00798 e. The van der Waals surface area contributed by atoms with E-state index in [4.69, 9.17) is 40.3 Å². The quantitative estimate of drug-likeness (QED) is 0.163. The molecule has 0 heterocycles. The maximum absolute atomic E-state index is 8.34. The van der Waals surface area contributed by atoms with Crippen molar-refractivity contribution in [1.82, 2.24) is 0 Å². The Kier molecular flexibility index (Phi) is 10.8. The predicted molar refractivity (Wildman–Crippen MR) is 168 cm³/mol. The maximum atomic E-state index is 8.34. The van der Waals surface area contributed by atoms with Crippen molar-refractivity contribution in [1.29, 1.82) is 0 Å². The Morgan fingerprint density at radius 3 is 1.18 bits per heavy atom. The van der Waals surface area contributed by atoms with Crippen LogP contribution in [0.1, 0.15) is 34.1 Å². The average molecular weight is 685 g/mol. The first-order chi connectivity index (χ1) is 18.9. The second-order valence-electron chi connectivity index (χ2n) is 9.16. The van der Waals surface area contributed by atoms with Crippen LogP contribution in [0.25, 0.3) is 22.6 Å². The molecular weight excluding hydrogens is 654 g/mol. The van der Waals surface area contributed by atoms with Crippen LogP contribution in [-0.4, -0.2) is 26.3 Å². The summed E-state index contributed by atoms with van der Waals surface area (Å²) in [6.07, 6.45) is 0. The largest absolute Gasteiger partial charge is 0.675 e. The van der Waals surface area contributed by atoms with Gasteiger partial charge in [-0.1, -0.05) is 72.8 Å². The van der Waals surface area contributed by atoms with Crippen LogP contribution in [0.3, 0.4) is 0 Å². The molecule has 39 heavy (non-hydrogen) atoms. The van der Waals surface area contributed by atoms with E-state index >= 15 is 0 Å². The van der Waals surface area contributed by atoms with Crippen LogP contribution in [-0.2, 0) is 15.1 Å². The standard InChI is InChI=1S/C16H14N2.C14H16O2P2.2ClH.Ru/c17-15-13-9-5-1-2-6-10(9)14(16(15)18)12-8-4-3-7-11(12)13;1-15-9-5-3-7-11(17)13(9)14-10(16-2)6-4-8-12(14)18;;;/h1-8,13-18H;3-8H,17-18H2,1-2H3;2*1H;/q-2;;;;+4/p-2/t13?,14?,15-,16+;;;;. The van der Waals surface area contributed by atoms with Crippen LogP contribution in [0.5, 0.6) is 11.5 Å². The first-order valence-corrected chi connectivity index (χ1v) is 17.8. The predicted octanol–water partition coefficient (Wildman–Crippen LogP) is 7.87. The topological polar surface area (TPSA) is 66.1 Å². The van der Waals surface area contributed by atoms with Gasteiger partial charge in [0.25, 0.3) is 0 Å². The number of hydrogen-bond acceptors (Lipinski definition) is 2. The van der Waals surface area contributed by atoms with Crippen molar-refractivity contribution in [2.24, 2.45) is 0 Å². The molecule has 0 fully saturated rings. The van der Waals surface area contributed by atoms with E-state index < -0.39 is 0 Å². The van der Waals surface area contributed by atoms with Gasteiger partial charge in [0.2, 0.25) is 0 Å². The van der Waals surface area contributed by atoms with E-state index in [-0.39, 0.29) is 39.1 Å². The van der Waals surface area contributed by atoms with Gasteiger partial charge in [-0.3, -0.25) is 0 Å². The van der Waals surface area contributed by atoms with Crippen LogP contribution in [0, 0.1) is 0 Å². The zero-order chi connectivity index (χ0) is 28.1. The summed E-state index contributed by atoms with van der Waals surface area (Å²) in [6, 6.07) is 28.0. The number of rotatable bonds is 3. The van der Waals surface area contributed by atoms with Gasteiger partial charge in [-0.05, 0) is 56.8 Å². The minimum Gasteiger partial charge on any atom is -0.675 e. The molecule has 4 atom stereocenters. The SMILES string of the molecule is COc1cccc(P)c1-c1c(P)cccc1OC.[Cl][Ru+2][Cl].[NH-][C@@H]1C2c3ccccc3C(c3ccccc32)[C@@H]1[NH-]. The molecule has 0 spiro atoms. The van der Waals surface area contributed by atoms with E-state index in [9.17, 15) is 0 Å². The van der Waals surface area contributed by atoms with Crippen LogP contribution >= 0.6 is 37.9 Å². The first-order valence-electron chi connectivity index (χ1n) is 12.2. The summed E-state index contributed by atoms with van der Waals surface area (Å²) in [4.78, 5) is 0. The van der Waals surface area contributed by atoms with Gasteiger partial charge < -0.3 is 20.9 Å². The molecule has 9 heteroatoms. The summed E-state index contributed by atoms with van der Waals surface area (Å²) >= 11 is -0.346. The Bertz CT molecular complexity index is 1290. The van der Waals surface area contributed by atoms with Gasteiger partial charge in [-0.15, -0.1) is 30.6 Å². The van der Waals surface area contributed by atoms with Gasteiger partial charge in [0.15, 0.2) is 0 Å². The molecule has 3 aliphatic rings. The summed E-state index contributed by atoms with van der Waals surface area (Å²) in [6.45, 7) is 0. The molecule has 3 aliphatic carbocycles. The average Bonchev–Trinajstić information content (AvgIpc) is 2.95. The number of ether oxygens (including phenoxy) is 2. The molecule has 4 aromatic rings. The van der Waals surface area contributed by atoms with Crippen molar-refractivity contribution in [2.75, 3.05) is 14.2 Å². The fourth-order valence-corrected chi connectivity index (χ4v) is 6.45. The molecule has 4 aromatic carbocycles. The molecule has 2 bridgehead atoms. The van der Waals surface area contributed by atoms with Crippen molar-refractivity contribution in [3.8, 4) is 22.6 Å². The van der Waals surface area contributed by atoms with E-state index in [0.29, 0.717) is 0 Å². The molecule has 0 saturated carbocycles. The van der Waals surface area contributed by atoms with Crippen molar-refractivity contribution in [3.05, 3.63) is 119 Å². The molecule has 204 valence electrons. The van der Waals surface area contributed by atoms with E-state index in [1.807, 2.05) is 60.7 Å². The van der Waals surface area contributed by atoms with Crippen LogP contribution < -0.4 is 20.1 Å². The number of methoxy groups -OCH3 is 2. The molecule has 2 unspecified atom stereocenters. The van der Waals surface area contributed by atoms with Gasteiger partial charge in [0.05, 0.1) is 14.2 Å². The van der Waals surface area contributed by atoms with Gasteiger partial charge in [0, 0.05) is 11.1 Å². The van der Waals surface area contributed by atoms with Gasteiger partial charge in [-0.25, -0.2) is 0 Å². The molecule has 4 nitrogen and oxygen atoms in total. The molecule has 0 aromatic heterocycles. The number of hydrogen-bond donors (Lipinski definition) is 0. The Morgan fingerprint density at radius 2 is 0.897 bits per heavy atom. The van der Waals surface area contributed by atoms with E-state index in [1.54, 1.807) is 14.2 Å². The van der Waals surface area contributed by atoms with Gasteiger partial charge in [-0.2, -0.15) is 0 Å². The summed E-state index contributed by atoms with van der Waals surface area (Å²) < 4.78 is 10.9. The zero-order valence-electron chi connectivity index (χ0n) is 21.5. The molecular formula is C30H30Cl2N2O2P2Ru. The monoisotopic (exact) mass is 684 g/mol. The summed E-state index contributed by atoms with van der Waals surface area (Å²) in [5.41, 5.74) is 23.8. The number of fused-ring (bicyclic) bond motifs is 1. The van der Waals surface area contributed by atoms with E-state index in [2.05, 4.69) is 42.7 Å². The minimum atomic E-state index is -0.346. The summed E-state index contributed by atoms with van der Waals surface area (Å²) in [5.74, 6) is 1.86. The Balaban J connectivity index is 0.000000165. The Hall–Kier alpha value is -1.54. The molecule has 2 N–H and O–H groups in total. The second-order valence-corrected chi connectivity index (χ2v) is 13.0. The molecule has 0 amide bonds. The first kappa shape index (κ1) is 30.4. The third-order valence-electron chi connectivity index (χ3n) is 7.24.